The lowest BCUT2D eigenvalue weighted by molar-refractivity contribution is -0.153. The summed E-state index contributed by atoms with van der Waals surface area (Å²) in [5.74, 6) is -1.05. The Bertz CT molecular complexity index is 307. The predicted octanol–water partition coefficient (Wildman–Crippen LogP) is 1.32. The van der Waals surface area contributed by atoms with E-state index < -0.39 is 5.97 Å². The van der Waals surface area contributed by atoms with Crippen molar-refractivity contribution in [3.05, 3.63) is 0 Å². The van der Waals surface area contributed by atoms with Crippen LogP contribution in [-0.4, -0.2) is 53.3 Å². The Morgan fingerprint density at radius 3 is 2.17 bits per heavy atom. The predicted molar refractivity (Wildman–Crippen MR) is 63.8 cm³/mol. The lowest BCUT2D eigenvalue weighted by atomic mass is 9.98. The summed E-state index contributed by atoms with van der Waals surface area (Å²) >= 11 is 0. The number of amides is 1. The summed E-state index contributed by atoms with van der Waals surface area (Å²) in [7, 11) is 0. The summed E-state index contributed by atoms with van der Waals surface area (Å²) in [5, 5.41) is 10.5. The highest BCUT2D eigenvalue weighted by Gasteiger charge is 2.28. The normalized spacial score (nSPS) is 22.8. The van der Waals surface area contributed by atoms with Crippen LogP contribution in [0, 0.1) is 5.92 Å². The Balaban J connectivity index is 1.73. The van der Waals surface area contributed by atoms with Crippen LogP contribution in [0.25, 0.3) is 0 Å². The van der Waals surface area contributed by atoms with Crippen molar-refractivity contribution < 1.29 is 19.5 Å². The highest BCUT2D eigenvalue weighted by atomic mass is 16.7. The van der Waals surface area contributed by atoms with E-state index in [4.69, 9.17) is 9.94 Å². The average Bonchev–Trinajstić information content (AvgIpc) is 2.40. The van der Waals surface area contributed by atoms with Gasteiger partial charge in [-0.1, -0.05) is 0 Å². The van der Waals surface area contributed by atoms with Gasteiger partial charge in [0.2, 0.25) is 0 Å². The Morgan fingerprint density at radius 1 is 1.00 bits per heavy atom. The third-order valence-electron chi connectivity index (χ3n) is 3.62. The molecule has 0 radical (unpaired) electrons. The molecule has 0 aliphatic carbocycles. The Labute approximate surface area is 106 Å². The van der Waals surface area contributed by atoms with E-state index in [-0.39, 0.29) is 12.0 Å². The number of hydrogen-bond acceptors (Lipinski definition) is 4. The minimum Gasteiger partial charge on any atom is -0.481 e. The van der Waals surface area contributed by atoms with Crippen molar-refractivity contribution in [2.24, 2.45) is 5.92 Å². The third-order valence-corrected chi connectivity index (χ3v) is 3.62. The number of carboxylic acids is 1. The molecular formula is C12H20N2O4. The van der Waals surface area contributed by atoms with Crippen LogP contribution in [0.3, 0.4) is 0 Å². The van der Waals surface area contributed by atoms with Gasteiger partial charge in [0.25, 0.3) is 0 Å². The highest BCUT2D eigenvalue weighted by molar-refractivity contribution is 5.70. The van der Waals surface area contributed by atoms with Crippen LogP contribution in [0.1, 0.15) is 32.1 Å². The molecule has 0 aromatic heterocycles. The molecule has 6 heteroatoms. The van der Waals surface area contributed by atoms with Crippen LogP contribution in [0.15, 0.2) is 0 Å². The van der Waals surface area contributed by atoms with Gasteiger partial charge in [0, 0.05) is 26.2 Å². The Hall–Kier alpha value is -1.30. The number of hydrogen-bond donors (Lipinski definition) is 1. The maximum Gasteiger partial charge on any atom is 0.428 e. The minimum absolute atomic E-state index is 0.288. The van der Waals surface area contributed by atoms with E-state index in [2.05, 4.69) is 0 Å². The first-order chi connectivity index (χ1) is 8.66. The summed E-state index contributed by atoms with van der Waals surface area (Å²) in [5.41, 5.74) is 0. The third kappa shape index (κ3) is 3.35. The molecule has 2 fully saturated rings. The summed E-state index contributed by atoms with van der Waals surface area (Å²) in [4.78, 5) is 29.6. The van der Waals surface area contributed by atoms with Crippen LogP contribution in [0.2, 0.25) is 0 Å². The van der Waals surface area contributed by atoms with E-state index in [1.807, 2.05) is 0 Å². The number of hydroxylamine groups is 2. The molecule has 0 spiro atoms. The Morgan fingerprint density at radius 2 is 1.61 bits per heavy atom. The molecule has 2 rings (SSSR count). The van der Waals surface area contributed by atoms with Crippen molar-refractivity contribution in [2.45, 2.75) is 32.1 Å². The summed E-state index contributed by atoms with van der Waals surface area (Å²) < 4.78 is 0. The molecule has 2 heterocycles. The molecule has 2 aliphatic rings. The Kier molecular flexibility index (Phi) is 4.41. The molecule has 0 unspecified atom stereocenters. The van der Waals surface area contributed by atoms with Crippen molar-refractivity contribution in [3.63, 3.8) is 0 Å². The summed E-state index contributed by atoms with van der Waals surface area (Å²) in [6, 6.07) is 0. The maximum absolute atomic E-state index is 11.8. The van der Waals surface area contributed by atoms with Gasteiger partial charge in [0.15, 0.2) is 0 Å². The van der Waals surface area contributed by atoms with Gasteiger partial charge in [0.1, 0.15) is 0 Å². The van der Waals surface area contributed by atoms with Crippen LogP contribution >= 0.6 is 0 Å². The number of carbonyl (C=O) groups excluding carboxylic acids is 1. The number of nitrogens with zero attached hydrogens (tertiary/aromatic N) is 2. The van der Waals surface area contributed by atoms with Gasteiger partial charge in [0.05, 0.1) is 5.92 Å². The van der Waals surface area contributed by atoms with Crippen LogP contribution in [0.4, 0.5) is 4.79 Å². The zero-order valence-electron chi connectivity index (χ0n) is 10.5. The molecule has 0 bridgehead atoms. The van der Waals surface area contributed by atoms with Crippen molar-refractivity contribution in [3.8, 4) is 0 Å². The molecule has 1 N–H and O–H groups in total. The van der Waals surface area contributed by atoms with E-state index in [0.717, 1.165) is 25.9 Å². The van der Waals surface area contributed by atoms with Gasteiger partial charge >= 0.3 is 12.1 Å². The first-order valence-corrected chi connectivity index (χ1v) is 6.61. The summed E-state index contributed by atoms with van der Waals surface area (Å²) in [6.07, 6.45) is 4.05. The van der Waals surface area contributed by atoms with Gasteiger partial charge in [-0.25, -0.2) is 4.79 Å². The molecule has 0 atom stereocenters. The molecular weight excluding hydrogens is 236 g/mol. The van der Waals surface area contributed by atoms with Crippen LogP contribution in [-0.2, 0) is 9.63 Å². The molecule has 2 saturated heterocycles. The second-order valence-electron chi connectivity index (χ2n) is 4.95. The monoisotopic (exact) mass is 256 g/mol. The van der Waals surface area contributed by atoms with E-state index in [9.17, 15) is 9.59 Å². The van der Waals surface area contributed by atoms with Crippen molar-refractivity contribution in [2.75, 3.05) is 26.2 Å². The fraction of sp³-hybridized carbons (Fsp3) is 0.833. The summed E-state index contributed by atoms with van der Waals surface area (Å²) in [6.45, 7) is 2.56. The average molecular weight is 256 g/mol. The maximum atomic E-state index is 11.8. The molecule has 102 valence electrons. The van der Waals surface area contributed by atoms with E-state index >= 15 is 0 Å². The quantitative estimate of drug-likeness (QED) is 0.807. The van der Waals surface area contributed by atoms with Crippen molar-refractivity contribution >= 4 is 12.1 Å². The standard InChI is InChI=1S/C12H20N2O4/c15-11(16)10-4-8-14(9-5-10)18-12(17)13-6-2-1-3-7-13/h10H,1-9H2,(H,15,16). The molecule has 18 heavy (non-hydrogen) atoms. The van der Waals surface area contributed by atoms with Crippen LogP contribution < -0.4 is 0 Å². The first kappa shape index (κ1) is 13.1. The molecule has 0 saturated carbocycles. The molecule has 0 aromatic carbocycles. The molecule has 1 amide bonds. The van der Waals surface area contributed by atoms with Crippen molar-refractivity contribution in [1.29, 1.82) is 0 Å². The second-order valence-corrected chi connectivity index (χ2v) is 4.95. The topological polar surface area (TPSA) is 70.1 Å². The molecule has 6 nitrogen and oxygen atoms in total. The van der Waals surface area contributed by atoms with Gasteiger partial charge in [-0.05, 0) is 32.1 Å². The largest absolute Gasteiger partial charge is 0.481 e. The number of carbonyl (C=O) groups is 2. The number of rotatable bonds is 2. The number of carboxylic acid groups (broad SMARTS) is 1. The van der Waals surface area contributed by atoms with Gasteiger partial charge in [-0.3, -0.25) is 4.79 Å². The zero-order valence-corrected chi connectivity index (χ0v) is 10.5. The number of likely N-dealkylation sites (tertiary alicyclic amines) is 1. The lowest BCUT2D eigenvalue weighted by Gasteiger charge is -2.32. The molecule has 2 aliphatic heterocycles. The number of aliphatic carboxylic acids is 1. The SMILES string of the molecule is O=C(O)C1CCN(OC(=O)N2CCCCC2)CC1. The van der Waals surface area contributed by atoms with E-state index in [1.165, 1.54) is 6.42 Å². The van der Waals surface area contributed by atoms with Gasteiger partial charge in [-0.15, -0.1) is 5.06 Å². The zero-order chi connectivity index (χ0) is 13.0. The second kappa shape index (κ2) is 6.04. The minimum atomic E-state index is -0.753. The first-order valence-electron chi connectivity index (χ1n) is 6.61. The smallest absolute Gasteiger partial charge is 0.428 e. The lowest BCUT2D eigenvalue weighted by Crippen LogP contribution is -2.43. The van der Waals surface area contributed by atoms with E-state index in [0.29, 0.717) is 25.9 Å². The van der Waals surface area contributed by atoms with Crippen LogP contribution in [0.5, 0.6) is 0 Å². The molecule has 0 aromatic rings. The van der Waals surface area contributed by atoms with Gasteiger partial charge < -0.3 is 14.8 Å². The highest BCUT2D eigenvalue weighted by Crippen LogP contribution is 2.18. The van der Waals surface area contributed by atoms with Crippen molar-refractivity contribution in [1.82, 2.24) is 9.96 Å². The number of piperidine rings is 2. The van der Waals surface area contributed by atoms with E-state index in [1.54, 1.807) is 9.96 Å². The fourth-order valence-electron chi connectivity index (χ4n) is 2.44. The fourth-order valence-corrected chi connectivity index (χ4v) is 2.44. The van der Waals surface area contributed by atoms with Gasteiger partial charge in [-0.2, -0.15) is 0 Å².